The first-order valence-corrected chi connectivity index (χ1v) is 8.36. The molecule has 128 valence electrons. The molecule has 0 unspecified atom stereocenters. The molecule has 4 rings (SSSR count). The number of hydrogen-bond donors (Lipinski definition) is 2. The highest BCUT2D eigenvalue weighted by molar-refractivity contribution is 5.88. The molecular weight excluding hydrogens is 318 g/mol. The van der Waals surface area contributed by atoms with Gasteiger partial charge in [0.2, 0.25) is 0 Å². The van der Waals surface area contributed by atoms with Crippen LogP contribution in [0.3, 0.4) is 0 Å². The molecule has 2 aromatic heterocycles. The van der Waals surface area contributed by atoms with E-state index in [0.29, 0.717) is 12.4 Å². The fraction of sp³-hybridized carbons (Fsp3) is 0.294. The second kappa shape index (κ2) is 6.76. The van der Waals surface area contributed by atoms with Gasteiger partial charge >= 0.3 is 6.03 Å². The highest BCUT2D eigenvalue weighted by Gasteiger charge is 2.16. The third-order valence-corrected chi connectivity index (χ3v) is 4.19. The maximum Gasteiger partial charge on any atom is 0.320 e. The molecule has 0 spiro atoms. The minimum absolute atomic E-state index is 0.313. The lowest BCUT2D eigenvalue weighted by molar-refractivity contribution is 0.251. The number of carbonyl (C=O) groups is 1. The number of hydrogen-bond acceptors (Lipinski definition) is 4. The number of amides is 2. The van der Waals surface area contributed by atoms with Gasteiger partial charge < -0.3 is 9.88 Å². The number of benzene rings is 1. The van der Waals surface area contributed by atoms with Gasteiger partial charge in [-0.15, -0.1) is 15.3 Å². The van der Waals surface area contributed by atoms with E-state index in [1.807, 2.05) is 30.3 Å². The van der Waals surface area contributed by atoms with Crippen LogP contribution in [0, 0.1) is 0 Å². The van der Waals surface area contributed by atoms with E-state index in [-0.39, 0.29) is 6.03 Å². The number of para-hydroxylation sites is 1. The molecule has 2 N–H and O–H groups in total. The van der Waals surface area contributed by atoms with Crippen LogP contribution >= 0.6 is 0 Å². The molecular formula is C17H19N7O. The summed E-state index contributed by atoms with van der Waals surface area (Å²) in [6.07, 6.45) is 5.03. The number of rotatable bonds is 4. The van der Waals surface area contributed by atoms with Crippen molar-refractivity contribution in [2.75, 3.05) is 5.32 Å². The van der Waals surface area contributed by atoms with Crippen molar-refractivity contribution in [1.82, 2.24) is 29.9 Å². The Bertz CT molecular complexity index is 868. The molecule has 1 aliphatic heterocycles. The Hall–Kier alpha value is -3.16. The molecule has 0 bridgehead atoms. The van der Waals surface area contributed by atoms with Crippen molar-refractivity contribution in [3.63, 3.8) is 0 Å². The normalized spacial score (nSPS) is 13.3. The minimum Gasteiger partial charge on any atom is -0.331 e. The largest absolute Gasteiger partial charge is 0.331 e. The molecule has 0 aliphatic carbocycles. The van der Waals surface area contributed by atoms with Gasteiger partial charge in [-0.25, -0.2) is 9.48 Å². The predicted molar refractivity (Wildman–Crippen MR) is 92.4 cm³/mol. The Balaban J connectivity index is 1.35. The van der Waals surface area contributed by atoms with Crippen LogP contribution in [0.1, 0.15) is 24.5 Å². The van der Waals surface area contributed by atoms with Gasteiger partial charge in [-0.3, -0.25) is 5.32 Å². The molecule has 8 nitrogen and oxygen atoms in total. The molecule has 2 amide bonds. The zero-order valence-electron chi connectivity index (χ0n) is 13.7. The van der Waals surface area contributed by atoms with Crippen molar-refractivity contribution in [2.24, 2.45) is 0 Å². The van der Waals surface area contributed by atoms with E-state index in [4.69, 9.17) is 0 Å². The average molecular weight is 337 g/mol. The van der Waals surface area contributed by atoms with Crippen LogP contribution in [0.5, 0.6) is 0 Å². The fourth-order valence-electron chi connectivity index (χ4n) is 2.93. The third-order valence-electron chi connectivity index (χ3n) is 4.19. The van der Waals surface area contributed by atoms with Crippen molar-refractivity contribution < 1.29 is 4.79 Å². The highest BCUT2D eigenvalue weighted by Crippen LogP contribution is 2.14. The van der Waals surface area contributed by atoms with Gasteiger partial charge in [0.05, 0.1) is 12.2 Å². The quantitative estimate of drug-likeness (QED) is 0.763. The Labute approximate surface area is 144 Å². The van der Waals surface area contributed by atoms with Crippen LogP contribution in [0.4, 0.5) is 10.6 Å². The third kappa shape index (κ3) is 3.37. The van der Waals surface area contributed by atoms with E-state index < -0.39 is 0 Å². The van der Waals surface area contributed by atoms with Crippen LogP contribution in [0.25, 0.3) is 5.69 Å². The lowest BCUT2D eigenvalue weighted by Gasteiger charge is -2.14. The van der Waals surface area contributed by atoms with Crippen LogP contribution in [0.2, 0.25) is 0 Å². The SMILES string of the molecule is O=C(NCc1nnc2n1CCCC2)Nc1ccn(-c2ccccc2)n1. The van der Waals surface area contributed by atoms with Gasteiger partial charge in [0.1, 0.15) is 5.82 Å². The smallest absolute Gasteiger partial charge is 0.320 e. The molecule has 1 aromatic carbocycles. The summed E-state index contributed by atoms with van der Waals surface area (Å²) in [6, 6.07) is 11.2. The summed E-state index contributed by atoms with van der Waals surface area (Å²) in [5, 5.41) is 18.2. The van der Waals surface area contributed by atoms with Crippen LogP contribution in [-0.2, 0) is 19.5 Å². The van der Waals surface area contributed by atoms with Gasteiger partial charge in [-0.1, -0.05) is 18.2 Å². The van der Waals surface area contributed by atoms with Gasteiger partial charge in [-0.05, 0) is 25.0 Å². The molecule has 1 aliphatic rings. The molecule has 25 heavy (non-hydrogen) atoms. The van der Waals surface area contributed by atoms with Gasteiger partial charge in [-0.2, -0.15) is 0 Å². The summed E-state index contributed by atoms with van der Waals surface area (Å²) in [7, 11) is 0. The maximum absolute atomic E-state index is 12.1. The zero-order valence-corrected chi connectivity index (χ0v) is 13.7. The first-order chi connectivity index (χ1) is 12.3. The Morgan fingerprint density at radius 3 is 2.88 bits per heavy atom. The molecule has 0 atom stereocenters. The first kappa shape index (κ1) is 15.4. The van der Waals surface area contributed by atoms with Crippen molar-refractivity contribution in [3.05, 3.63) is 54.2 Å². The molecule has 8 heteroatoms. The lowest BCUT2D eigenvalue weighted by atomic mass is 10.2. The summed E-state index contributed by atoms with van der Waals surface area (Å²) < 4.78 is 3.80. The molecule has 3 aromatic rings. The van der Waals surface area contributed by atoms with Crippen molar-refractivity contribution in [3.8, 4) is 5.69 Å². The summed E-state index contributed by atoms with van der Waals surface area (Å²) in [4.78, 5) is 12.1. The van der Waals surface area contributed by atoms with Crippen LogP contribution < -0.4 is 10.6 Å². The number of fused-ring (bicyclic) bond motifs is 1. The van der Waals surface area contributed by atoms with Crippen molar-refractivity contribution in [2.45, 2.75) is 32.4 Å². The lowest BCUT2D eigenvalue weighted by Crippen LogP contribution is -2.30. The number of nitrogens with one attached hydrogen (secondary N) is 2. The molecule has 0 saturated heterocycles. The number of anilines is 1. The van der Waals surface area contributed by atoms with Crippen LogP contribution in [0.15, 0.2) is 42.6 Å². The van der Waals surface area contributed by atoms with Gasteiger partial charge in [0.15, 0.2) is 11.6 Å². The topological polar surface area (TPSA) is 89.7 Å². The summed E-state index contributed by atoms with van der Waals surface area (Å²) in [5.74, 6) is 2.29. The second-order valence-electron chi connectivity index (χ2n) is 5.93. The molecule has 3 heterocycles. The van der Waals surface area contributed by atoms with E-state index in [1.54, 1.807) is 16.9 Å². The van der Waals surface area contributed by atoms with E-state index in [0.717, 1.165) is 43.1 Å². The van der Waals surface area contributed by atoms with E-state index in [9.17, 15) is 4.79 Å². The van der Waals surface area contributed by atoms with Crippen molar-refractivity contribution >= 4 is 11.8 Å². The summed E-state index contributed by atoms with van der Waals surface area (Å²) in [6.45, 7) is 1.26. The second-order valence-corrected chi connectivity index (χ2v) is 5.93. The van der Waals surface area contributed by atoms with Crippen molar-refractivity contribution in [1.29, 1.82) is 0 Å². The number of urea groups is 1. The first-order valence-electron chi connectivity index (χ1n) is 8.36. The molecule has 0 radical (unpaired) electrons. The fourth-order valence-corrected chi connectivity index (χ4v) is 2.93. The van der Waals surface area contributed by atoms with E-state index in [2.05, 4.69) is 30.5 Å². The van der Waals surface area contributed by atoms with Gasteiger partial charge in [0.25, 0.3) is 0 Å². The Morgan fingerprint density at radius 1 is 1.12 bits per heavy atom. The standard InChI is InChI=1S/C17H19N7O/c25-17(18-12-16-21-20-15-8-4-5-10-23(15)16)19-14-9-11-24(22-14)13-6-2-1-3-7-13/h1-3,6-7,9,11H,4-5,8,10,12H2,(H2,18,19,22,25). The predicted octanol–water partition coefficient (Wildman–Crippen LogP) is 2.12. The van der Waals surface area contributed by atoms with E-state index >= 15 is 0 Å². The number of carbonyl (C=O) groups excluding carboxylic acids is 1. The Kier molecular flexibility index (Phi) is 4.16. The van der Waals surface area contributed by atoms with E-state index in [1.165, 1.54) is 0 Å². The summed E-state index contributed by atoms with van der Waals surface area (Å²) >= 11 is 0. The summed E-state index contributed by atoms with van der Waals surface area (Å²) in [5.41, 5.74) is 0.936. The average Bonchev–Trinajstić information content (AvgIpc) is 3.28. The molecule has 0 fully saturated rings. The Morgan fingerprint density at radius 2 is 2.00 bits per heavy atom. The number of nitrogens with zero attached hydrogens (tertiary/aromatic N) is 5. The number of aromatic nitrogens is 5. The molecule has 0 saturated carbocycles. The highest BCUT2D eigenvalue weighted by atomic mass is 16.2. The maximum atomic E-state index is 12.1. The zero-order chi connectivity index (χ0) is 17.1. The monoisotopic (exact) mass is 337 g/mol. The minimum atomic E-state index is -0.313. The number of aryl methyl sites for hydroxylation is 1. The van der Waals surface area contributed by atoms with Crippen LogP contribution in [-0.4, -0.2) is 30.6 Å². The van der Waals surface area contributed by atoms with Gasteiger partial charge in [0, 0.05) is 25.2 Å².